The number of aryl methyl sites for hydroxylation is 1. The Morgan fingerprint density at radius 3 is 1.73 bits per heavy atom. The Kier molecular flexibility index (Phi) is 12.9. The van der Waals surface area contributed by atoms with Gasteiger partial charge < -0.3 is 0 Å². The van der Waals surface area contributed by atoms with Gasteiger partial charge in [-0.15, -0.1) is 0 Å². The van der Waals surface area contributed by atoms with Gasteiger partial charge >= 0.3 is 0 Å². The Morgan fingerprint density at radius 2 is 1.08 bits per heavy atom. The fraction of sp³-hybridized carbons (Fsp3) is 0.486. The van der Waals surface area contributed by atoms with Crippen LogP contribution in [0.1, 0.15) is 103 Å². The molecule has 0 aliphatic rings. The van der Waals surface area contributed by atoms with Crippen LogP contribution in [0.3, 0.4) is 0 Å². The quantitative estimate of drug-likeness (QED) is 0.160. The average molecular weight is 505 g/mol. The normalized spacial score (nSPS) is 12.1. The SMILES string of the molecule is CCCCCCCCCCCCC(C)CCCc1ccc(-c2ccc(-c3ccccc3)cc2)c(F)c1F. The Morgan fingerprint density at radius 1 is 0.541 bits per heavy atom. The van der Waals surface area contributed by atoms with Crippen molar-refractivity contribution in [1.29, 1.82) is 0 Å². The molecule has 1 atom stereocenters. The molecule has 37 heavy (non-hydrogen) atoms. The van der Waals surface area contributed by atoms with Crippen molar-refractivity contribution in [3.63, 3.8) is 0 Å². The number of unbranched alkanes of at least 4 members (excludes halogenated alkanes) is 9. The molecule has 0 aliphatic carbocycles. The summed E-state index contributed by atoms with van der Waals surface area (Å²) in [7, 11) is 0. The molecular weight excluding hydrogens is 458 g/mol. The monoisotopic (exact) mass is 504 g/mol. The lowest BCUT2D eigenvalue weighted by Gasteiger charge is -2.13. The van der Waals surface area contributed by atoms with Crippen LogP contribution >= 0.6 is 0 Å². The van der Waals surface area contributed by atoms with Crippen LogP contribution in [0.2, 0.25) is 0 Å². The molecule has 200 valence electrons. The lowest BCUT2D eigenvalue weighted by atomic mass is 9.94. The van der Waals surface area contributed by atoms with E-state index in [-0.39, 0.29) is 0 Å². The molecule has 0 N–H and O–H groups in total. The Bertz CT molecular complexity index is 1020. The van der Waals surface area contributed by atoms with Crippen molar-refractivity contribution in [2.24, 2.45) is 5.92 Å². The predicted octanol–water partition coefficient (Wildman–Crippen LogP) is 11.6. The van der Waals surface area contributed by atoms with Gasteiger partial charge in [0.15, 0.2) is 11.6 Å². The molecule has 1 unspecified atom stereocenters. The first-order chi connectivity index (χ1) is 18.1. The predicted molar refractivity (Wildman–Crippen MR) is 156 cm³/mol. The molecule has 0 aromatic heterocycles. The van der Waals surface area contributed by atoms with Crippen LogP contribution < -0.4 is 0 Å². The van der Waals surface area contributed by atoms with Gasteiger partial charge in [-0.3, -0.25) is 0 Å². The number of hydrogen-bond acceptors (Lipinski definition) is 0. The third-order valence-electron chi connectivity index (χ3n) is 7.66. The zero-order chi connectivity index (χ0) is 26.3. The van der Waals surface area contributed by atoms with Gasteiger partial charge in [-0.1, -0.05) is 158 Å². The largest absolute Gasteiger partial charge is 0.203 e. The fourth-order valence-corrected chi connectivity index (χ4v) is 5.24. The Hall–Kier alpha value is -2.48. The number of rotatable bonds is 17. The molecule has 0 spiro atoms. The summed E-state index contributed by atoms with van der Waals surface area (Å²) in [6, 6.07) is 21.2. The van der Waals surface area contributed by atoms with E-state index in [9.17, 15) is 8.78 Å². The summed E-state index contributed by atoms with van der Waals surface area (Å²) in [5, 5.41) is 0. The van der Waals surface area contributed by atoms with Crippen LogP contribution in [0.15, 0.2) is 66.7 Å². The Balaban J connectivity index is 1.37. The van der Waals surface area contributed by atoms with Crippen LogP contribution in [0.5, 0.6) is 0 Å². The lowest BCUT2D eigenvalue weighted by molar-refractivity contribution is 0.438. The first-order valence-corrected chi connectivity index (χ1v) is 14.7. The molecule has 0 aliphatic heterocycles. The minimum Gasteiger partial charge on any atom is -0.203 e. The molecule has 0 fully saturated rings. The van der Waals surface area contributed by atoms with E-state index in [2.05, 4.69) is 13.8 Å². The van der Waals surface area contributed by atoms with Gasteiger partial charge in [0.1, 0.15) is 0 Å². The van der Waals surface area contributed by atoms with Gasteiger partial charge in [0.2, 0.25) is 0 Å². The van der Waals surface area contributed by atoms with Gasteiger partial charge in [0.25, 0.3) is 0 Å². The van der Waals surface area contributed by atoms with E-state index in [4.69, 9.17) is 0 Å². The van der Waals surface area contributed by atoms with Crippen LogP contribution in [-0.4, -0.2) is 0 Å². The maximum absolute atomic E-state index is 15.0. The van der Waals surface area contributed by atoms with Crippen LogP contribution in [0, 0.1) is 17.6 Å². The molecule has 0 radical (unpaired) electrons. The van der Waals surface area contributed by atoms with E-state index in [0.29, 0.717) is 29.0 Å². The van der Waals surface area contributed by atoms with Crippen LogP contribution in [-0.2, 0) is 6.42 Å². The van der Waals surface area contributed by atoms with E-state index in [0.717, 1.165) is 24.0 Å². The summed E-state index contributed by atoms with van der Waals surface area (Å²) < 4.78 is 29.8. The highest BCUT2D eigenvalue weighted by Crippen LogP contribution is 2.30. The van der Waals surface area contributed by atoms with Gasteiger partial charge in [-0.05, 0) is 41.0 Å². The van der Waals surface area contributed by atoms with Gasteiger partial charge in [0, 0.05) is 5.56 Å². The molecule has 0 saturated carbocycles. The highest BCUT2D eigenvalue weighted by molar-refractivity contribution is 5.71. The summed E-state index contributed by atoms with van der Waals surface area (Å²) >= 11 is 0. The van der Waals surface area contributed by atoms with E-state index in [1.807, 2.05) is 54.6 Å². The second-order valence-electron chi connectivity index (χ2n) is 10.8. The summed E-state index contributed by atoms with van der Waals surface area (Å²) in [6.45, 7) is 4.57. The maximum Gasteiger partial charge on any atom is 0.166 e. The number of halogens is 2. The third-order valence-corrected chi connectivity index (χ3v) is 7.66. The topological polar surface area (TPSA) is 0 Å². The van der Waals surface area contributed by atoms with Crippen molar-refractivity contribution in [1.82, 2.24) is 0 Å². The molecule has 0 saturated heterocycles. The minimum absolute atomic E-state index is 0.329. The lowest BCUT2D eigenvalue weighted by Crippen LogP contribution is -2.00. The standard InChI is InChI=1S/C35H46F2/c1-3-4-5-6-7-8-9-10-11-13-17-28(2)18-16-21-32-26-27-33(35(37)34(32)36)31-24-22-30(23-25-31)29-19-14-12-15-20-29/h12,14-15,19-20,22-28H,3-11,13,16-18,21H2,1-2H3. The van der Waals surface area contributed by atoms with E-state index in [1.54, 1.807) is 12.1 Å². The second-order valence-corrected chi connectivity index (χ2v) is 10.8. The van der Waals surface area contributed by atoms with Crippen molar-refractivity contribution < 1.29 is 8.78 Å². The molecule has 3 aromatic rings. The first-order valence-electron chi connectivity index (χ1n) is 14.7. The van der Waals surface area contributed by atoms with Gasteiger partial charge in [-0.25, -0.2) is 8.78 Å². The molecule has 3 aromatic carbocycles. The van der Waals surface area contributed by atoms with Crippen LogP contribution in [0.25, 0.3) is 22.3 Å². The number of hydrogen-bond donors (Lipinski definition) is 0. The van der Waals surface area contributed by atoms with E-state index >= 15 is 0 Å². The van der Waals surface area contributed by atoms with Crippen molar-refractivity contribution in [3.05, 3.63) is 83.9 Å². The fourth-order valence-electron chi connectivity index (χ4n) is 5.24. The van der Waals surface area contributed by atoms with E-state index < -0.39 is 11.6 Å². The van der Waals surface area contributed by atoms with Crippen molar-refractivity contribution in [3.8, 4) is 22.3 Å². The van der Waals surface area contributed by atoms with Crippen molar-refractivity contribution in [2.45, 2.75) is 104 Å². The summed E-state index contributed by atoms with van der Waals surface area (Å²) in [5.41, 5.74) is 3.70. The van der Waals surface area contributed by atoms with Crippen molar-refractivity contribution >= 4 is 0 Å². The number of benzene rings is 3. The smallest absolute Gasteiger partial charge is 0.166 e. The zero-order valence-electron chi connectivity index (χ0n) is 23.1. The van der Waals surface area contributed by atoms with Crippen LogP contribution in [0.4, 0.5) is 8.78 Å². The zero-order valence-corrected chi connectivity index (χ0v) is 23.1. The second kappa shape index (κ2) is 16.4. The molecule has 0 heterocycles. The molecule has 0 bridgehead atoms. The summed E-state index contributed by atoms with van der Waals surface area (Å²) in [4.78, 5) is 0. The molecule has 0 nitrogen and oxygen atoms in total. The van der Waals surface area contributed by atoms with Gasteiger partial charge in [0.05, 0.1) is 0 Å². The molecule has 2 heteroatoms. The first kappa shape index (κ1) is 29.1. The summed E-state index contributed by atoms with van der Waals surface area (Å²) in [5.74, 6) is -0.778. The summed E-state index contributed by atoms with van der Waals surface area (Å²) in [6.07, 6.45) is 17.4. The maximum atomic E-state index is 15.0. The average Bonchev–Trinajstić information content (AvgIpc) is 2.93. The highest BCUT2D eigenvalue weighted by Gasteiger charge is 2.15. The molecule has 0 amide bonds. The minimum atomic E-state index is -0.733. The van der Waals surface area contributed by atoms with E-state index in [1.165, 1.54) is 70.6 Å². The molecular formula is C35H46F2. The van der Waals surface area contributed by atoms with Gasteiger partial charge in [-0.2, -0.15) is 0 Å². The Labute approximate surface area is 224 Å². The highest BCUT2D eigenvalue weighted by atomic mass is 19.2. The third kappa shape index (κ3) is 9.72. The molecule has 3 rings (SSSR count). The van der Waals surface area contributed by atoms with Crippen molar-refractivity contribution in [2.75, 3.05) is 0 Å².